The van der Waals surface area contributed by atoms with Crippen LogP contribution in [0.5, 0.6) is 0 Å². The van der Waals surface area contributed by atoms with E-state index >= 15 is 0 Å². The maximum absolute atomic E-state index is 5.55. The van der Waals surface area contributed by atoms with Crippen LogP contribution >= 0.6 is 23.2 Å². The molecule has 9 heavy (non-hydrogen) atoms. The molecule has 0 saturated carbocycles. The van der Waals surface area contributed by atoms with E-state index in [1.165, 1.54) is 0 Å². The van der Waals surface area contributed by atoms with Gasteiger partial charge in [0.05, 0.1) is 0 Å². The van der Waals surface area contributed by atoms with Crippen LogP contribution < -0.4 is 0 Å². The minimum atomic E-state index is 0. The molecule has 0 amide bonds. The van der Waals surface area contributed by atoms with Crippen molar-refractivity contribution in [2.45, 2.75) is 0 Å². The molecule has 0 aliphatic rings. The first-order valence-corrected chi connectivity index (χ1v) is 2.88. The molecule has 0 fully saturated rings. The Bertz CT molecular complexity index is 167. The van der Waals surface area contributed by atoms with Gasteiger partial charge in [-0.2, -0.15) is 35.9 Å². The van der Waals surface area contributed by atoms with E-state index in [0.717, 1.165) is 0 Å². The molecule has 0 aliphatic heterocycles. The van der Waals surface area contributed by atoms with E-state index in [0.29, 0.717) is 10.0 Å². The van der Waals surface area contributed by atoms with Crippen molar-refractivity contribution in [3.05, 3.63) is 34.3 Å². The first-order valence-electron chi connectivity index (χ1n) is 2.12. The van der Waals surface area contributed by atoms with Crippen LogP contribution in [0.1, 0.15) is 0 Å². The van der Waals surface area contributed by atoms with Crippen molar-refractivity contribution in [3.63, 3.8) is 0 Å². The van der Waals surface area contributed by atoms with Crippen molar-refractivity contribution in [2.24, 2.45) is 0 Å². The largest absolute Gasteiger partial charge is 0.175 e. The molecule has 0 saturated heterocycles. The molecular formula is C6H3Cl2Rh-. The van der Waals surface area contributed by atoms with E-state index in [4.69, 9.17) is 23.2 Å². The Kier molecular flexibility index (Phi) is 4.47. The fraction of sp³-hybridized carbons (Fsp3) is 0. The summed E-state index contributed by atoms with van der Waals surface area (Å²) in [5, 5.41) is 1.03. The van der Waals surface area contributed by atoms with E-state index in [1.54, 1.807) is 18.2 Å². The molecule has 1 radical (unpaired) electrons. The Balaban J connectivity index is 0.000000640. The predicted octanol–water partition coefficient (Wildman–Crippen LogP) is 2.79. The summed E-state index contributed by atoms with van der Waals surface area (Å²) in [5.41, 5.74) is 0. The van der Waals surface area contributed by atoms with Gasteiger partial charge in [-0.05, 0) is 0 Å². The van der Waals surface area contributed by atoms with Crippen molar-refractivity contribution >= 4 is 23.2 Å². The van der Waals surface area contributed by atoms with Gasteiger partial charge in [0, 0.05) is 19.5 Å². The Morgan fingerprint density at radius 1 is 1.33 bits per heavy atom. The Morgan fingerprint density at radius 2 is 2.00 bits per heavy atom. The van der Waals surface area contributed by atoms with Crippen molar-refractivity contribution in [1.82, 2.24) is 0 Å². The zero-order valence-electron chi connectivity index (χ0n) is 4.32. The van der Waals surface area contributed by atoms with Gasteiger partial charge in [0.1, 0.15) is 0 Å². The van der Waals surface area contributed by atoms with Crippen LogP contribution in [0.25, 0.3) is 0 Å². The number of halogens is 2. The molecule has 0 atom stereocenters. The maximum Gasteiger partial charge on any atom is 0 e. The van der Waals surface area contributed by atoms with Crippen molar-refractivity contribution in [1.29, 1.82) is 0 Å². The van der Waals surface area contributed by atoms with E-state index in [1.807, 2.05) is 0 Å². The van der Waals surface area contributed by atoms with Crippen LogP contribution in [-0.4, -0.2) is 0 Å². The fourth-order valence-electron chi connectivity index (χ4n) is 0.396. The minimum Gasteiger partial charge on any atom is -0.175 e. The molecule has 0 heterocycles. The summed E-state index contributed by atoms with van der Waals surface area (Å²) in [7, 11) is 0. The second kappa shape index (κ2) is 4.27. The first-order chi connectivity index (χ1) is 3.80. The van der Waals surface area contributed by atoms with Gasteiger partial charge < -0.3 is 0 Å². The van der Waals surface area contributed by atoms with Gasteiger partial charge >= 0.3 is 0 Å². The third-order valence-electron chi connectivity index (χ3n) is 0.759. The van der Waals surface area contributed by atoms with Gasteiger partial charge in [0.2, 0.25) is 0 Å². The molecular weight excluding hydrogens is 246 g/mol. The third kappa shape index (κ3) is 2.66. The SMILES string of the molecule is Clc1[c-]cccc1Cl.[Rh]. The molecule has 1 rings (SSSR count). The molecule has 0 N–H and O–H groups in total. The van der Waals surface area contributed by atoms with E-state index < -0.39 is 0 Å². The van der Waals surface area contributed by atoms with Gasteiger partial charge in [-0.25, -0.2) is 0 Å². The number of hydrogen-bond acceptors (Lipinski definition) is 0. The van der Waals surface area contributed by atoms with Crippen LogP contribution in [0, 0.1) is 6.07 Å². The third-order valence-corrected chi connectivity index (χ3v) is 1.48. The average molecular weight is 249 g/mol. The van der Waals surface area contributed by atoms with Crippen LogP contribution in [0.4, 0.5) is 0 Å². The summed E-state index contributed by atoms with van der Waals surface area (Å²) < 4.78 is 0. The second-order valence-corrected chi connectivity index (χ2v) is 2.12. The fourth-order valence-corrected chi connectivity index (χ4v) is 0.649. The quantitative estimate of drug-likeness (QED) is 0.489. The zero-order valence-corrected chi connectivity index (χ0v) is 7.47. The van der Waals surface area contributed by atoms with Gasteiger partial charge in [-0.15, -0.1) is 11.6 Å². The Labute approximate surface area is 76.9 Å². The summed E-state index contributed by atoms with van der Waals surface area (Å²) in [6.07, 6.45) is 0. The number of rotatable bonds is 0. The van der Waals surface area contributed by atoms with Gasteiger partial charge in [-0.3, -0.25) is 0 Å². The molecule has 1 aromatic carbocycles. The molecule has 0 nitrogen and oxygen atoms in total. The second-order valence-electron chi connectivity index (χ2n) is 1.33. The Hall–Kier alpha value is 0.423. The topological polar surface area (TPSA) is 0 Å². The predicted molar refractivity (Wildman–Crippen MR) is 35.3 cm³/mol. The molecule has 0 aromatic heterocycles. The van der Waals surface area contributed by atoms with Gasteiger partial charge in [0.15, 0.2) is 0 Å². The maximum atomic E-state index is 5.55. The standard InChI is InChI=1S/C6H3Cl2.Rh/c7-5-3-1-2-4-6(5)8;/h1-3H;/q-1;. The molecule has 0 spiro atoms. The Morgan fingerprint density at radius 3 is 2.33 bits per heavy atom. The van der Waals surface area contributed by atoms with E-state index in [2.05, 4.69) is 6.07 Å². The number of benzene rings is 1. The summed E-state index contributed by atoms with van der Waals surface area (Å²) in [6, 6.07) is 7.96. The van der Waals surface area contributed by atoms with E-state index in [-0.39, 0.29) is 19.5 Å². The van der Waals surface area contributed by atoms with Gasteiger partial charge in [0.25, 0.3) is 0 Å². The molecule has 0 bridgehead atoms. The zero-order chi connectivity index (χ0) is 5.98. The summed E-state index contributed by atoms with van der Waals surface area (Å²) in [6.45, 7) is 0. The number of hydrogen-bond donors (Lipinski definition) is 0. The average Bonchev–Trinajstić information content (AvgIpc) is 1.77. The smallest absolute Gasteiger partial charge is 0 e. The molecule has 3 heteroatoms. The summed E-state index contributed by atoms with van der Waals surface area (Å²) >= 11 is 11.1. The summed E-state index contributed by atoms with van der Waals surface area (Å²) in [4.78, 5) is 0. The minimum absolute atomic E-state index is 0. The van der Waals surface area contributed by atoms with Crippen molar-refractivity contribution in [2.75, 3.05) is 0 Å². The molecule has 1 aromatic rings. The van der Waals surface area contributed by atoms with Crippen LogP contribution in [-0.2, 0) is 19.5 Å². The van der Waals surface area contributed by atoms with E-state index in [9.17, 15) is 0 Å². The van der Waals surface area contributed by atoms with Crippen LogP contribution in [0.2, 0.25) is 10.0 Å². The first kappa shape index (κ1) is 9.42. The van der Waals surface area contributed by atoms with Gasteiger partial charge in [-0.1, -0.05) is 10.0 Å². The molecule has 51 valence electrons. The summed E-state index contributed by atoms with van der Waals surface area (Å²) in [5.74, 6) is 0. The van der Waals surface area contributed by atoms with Crippen molar-refractivity contribution < 1.29 is 19.5 Å². The van der Waals surface area contributed by atoms with Crippen LogP contribution in [0.15, 0.2) is 18.2 Å². The monoisotopic (exact) mass is 248 g/mol. The normalized spacial score (nSPS) is 8.22. The van der Waals surface area contributed by atoms with Crippen LogP contribution in [0.3, 0.4) is 0 Å². The van der Waals surface area contributed by atoms with Crippen molar-refractivity contribution in [3.8, 4) is 0 Å². The molecule has 0 aliphatic carbocycles. The molecule has 0 unspecified atom stereocenters.